The van der Waals surface area contributed by atoms with E-state index in [1.165, 1.54) is 10.4 Å². The monoisotopic (exact) mass is 402 g/mol. The molecule has 0 unspecified atom stereocenters. The average molecular weight is 402 g/mol. The smallest absolute Gasteiger partial charge is 0.338 e. The zero-order chi connectivity index (χ0) is 20.3. The molecule has 0 radical (unpaired) electrons. The summed E-state index contributed by atoms with van der Waals surface area (Å²) < 4.78 is 30.3. The van der Waals surface area contributed by atoms with Gasteiger partial charge in [0.15, 0.2) is 6.61 Å². The number of hydrogen-bond acceptors (Lipinski definition) is 5. The predicted molar refractivity (Wildman–Crippen MR) is 106 cm³/mol. The van der Waals surface area contributed by atoms with Crippen LogP contribution in [0.3, 0.4) is 0 Å². The van der Waals surface area contributed by atoms with E-state index >= 15 is 0 Å². The van der Waals surface area contributed by atoms with Crippen molar-refractivity contribution in [2.75, 3.05) is 17.2 Å². The maximum atomic E-state index is 12.2. The molecular formula is C20H22N2O5S. The lowest BCUT2D eigenvalue weighted by molar-refractivity contribution is -0.124. The Bertz CT molecular complexity index is 989. The Morgan fingerprint density at radius 3 is 2.57 bits per heavy atom. The minimum absolute atomic E-state index is 0.208. The van der Waals surface area contributed by atoms with Crippen LogP contribution in [-0.2, 0) is 32.5 Å². The summed E-state index contributed by atoms with van der Waals surface area (Å²) in [6.07, 6.45) is 1.68. The lowest BCUT2D eigenvalue weighted by Gasteiger charge is -2.21. The van der Waals surface area contributed by atoms with E-state index in [9.17, 15) is 18.0 Å². The number of anilines is 1. The van der Waals surface area contributed by atoms with Crippen LogP contribution in [0, 0.1) is 0 Å². The first-order valence-electron chi connectivity index (χ1n) is 8.86. The minimum atomic E-state index is -3.38. The summed E-state index contributed by atoms with van der Waals surface area (Å²) >= 11 is 0. The highest BCUT2D eigenvalue weighted by molar-refractivity contribution is 7.92. The van der Waals surface area contributed by atoms with Gasteiger partial charge in [-0.25, -0.2) is 13.2 Å². The Morgan fingerprint density at radius 1 is 1.18 bits per heavy atom. The predicted octanol–water partition coefficient (Wildman–Crippen LogP) is 1.87. The first kappa shape index (κ1) is 19.9. The molecular weight excluding hydrogens is 380 g/mol. The number of carbonyl (C=O) groups is 2. The molecule has 1 atom stereocenters. The summed E-state index contributed by atoms with van der Waals surface area (Å²) in [5.41, 5.74) is 2.58. The Kier molecular flexibility index (Phi) is 5.69. The van der Waals surface area contributed by atoms with Crippen LogP contribution in [-0.4, -0.2) is 39.2 Å². The first-order chi connectivity index (χ1) is 13.3. The molecule has 0 aromatic heterocycles. The van der Waals surface area contributed by atoms with Crippen LogP contribution in [0.1, 0.15) is 28.4 Å². The van der Waals surface area contributed by atoms with Gasteiger partial charge in [-0.15, -0.1) is 0 Å². The van der Waals surface area contributed by atoms with Crippen LogP contribution < -0.4 is 9.62 Å². The van der Waals surface area contributed by atoms with Gasteiger partial charge in [0.25, 0.3) is 5.91 Å². The molecule has 8 heteroatoms. The van der Waals surface area contributed by atoms with E-state index in [1.807, 2.05) is 37.3 Å². The zero-order valence-corrected chi connectivity index (χ0v) is 16.5. The fourth-order valence-corrected chi connectivity index (χ4v) is 4.56. The molecule has 7 nitrogen and oxygen atoms in total. The number of nitrogens with zero attached hydrogens (tertiary/aromatic N) is 1. The van der Waals surface area contributed by atoms with Crippen LogP contribution in [0.2, 0.25) is 0 Å². The third-order valence-corrected chi connectivity index (χ3v) is 5.76. The van der Waals surface area contributed by atoms with E-state index in [0.29, 0.717) is 18.7 Å². The van der Waals surface area contributed by atoms with Gasteiger partial charge in [0.2, 0.25) is 10.0 Å². The van der Waals surface area contributed by atoms with Crippen LogP contribution in [0.5, 0.6) is 0 Å². The highest BCUT2D eigenvalue weighted by Crippen LogP contribution is 2.34. The highest BCUT2D eigenvalue weighted by Gasteiger charge is 2.32. The van der Waals surface area contributed by atoms with Gasteiger partial charge in [0.1, 0.15) is 0 Å². The number of nitrogens with one attached hydrogen (secondary N) is 1. The van der Waals surface area contributed by atoms with Gasteiger partial charge < -0.3 is 10.1 Å². The Labute approximate surface area is 164 Å². The molecule has 28 heavy (non-hydrogen) atoms. The lowest BCUT2D eigenvalue weighted by atomic mass is 10.1. The second-order valence-electron chi connectivity index (χ2n) is 6.79. The number of ether oxygens (including phenoxy) is 1. The average Bonchev–Trinajstić information content (AvgIpc) is 3.00. The molecule has 1 N–H and O–H groups in total. The number of benzene rings is 2. The number of sulfonamides is 1. The molecule has 1 aliphatic rings. The number of rotatable bonds is 6. The van der Waals surface area contributed by atoms with E-state index in [-0.39, 0.29) is 18.2 Å². The van der Waals surface area contributed by atoms with Crippen molar-refractivity contribution in [3.63, 3.8) is 0 Å². The summed E-state index contributed by atoms with van der Waals surface area (Å²) in [4.78, 5) is 24.1. The molecule has 2 aromatic carbocycles. The summed E-state index contributed by atoms with van der Waals surface area (Å²) in [5, 5.41) is 2.69. The first-order valence-corrected chi connectivity index (χ1v) is 10.7. The third kappa shape index (κ3) is 4.51. The molecule has 0 saturated carbocycles. The Morgan fingerprint density at radius 2 is 1.89 bits per heavy atom. The number of amides is 1. The Hall–Kier alpha value is -2.87. The van der Waals surface area contributed by atoms with Crippen molar-refractivity contribution in [3.05, 3.63) is 65.2 Å². The lowest BCUT2D eigenvalue weighted by Crippen LogP contribution is -2.34. The van der Waals surface area contributed by atoms with Crippen LogP contribution in [0.25, 0.3) is 0 Å². The van der Waals surface area contributed by atoms with E-state index < -0.39 is 21.9 Å². The molecule has 1 aliphatic heterocycles. The number of hydrogen-bond donors (Lipinski definition) is 1. The number of carbonyl (C=O) groups excluding carboxylic acids is 2. The van der Waals surface area contributed by atoms with Crippen molar-refractivity contribution in [1.29, 1.82) is 0 Å². The van der Waals surface area contributed by atoms with Gasteiger partial charge in [-0.1, -0.05) is 30.3 Å². The van der Waals surface area contributed by atoms with Crippen molar-refractivity contribution >= 4 is 27.6 Å². The van der Waals surface area contributed by atoms with Crippen molar-refractivity contribution in [2.45, 2.75) is 25.9 Å². The fourth-order valence-electron chi connectivity index (χ4n) is 3.30. The zero-order valence-electron chi connectivity index (χ0n) is 15.7. The molecule has 0 spiro atoms. The number of esters is 1. The molecule has 1 amide bonds. The topological polar surface area (TPSA) is 92.8 Å². The fraction of sp³-hybridized carbons (Fsp3) is 0.300. The van der Waals surface area contributed by atoms with Gasteiger partial charge in [-0.05, 0) is 42.7 Å². The van der Waals surface area contributed by atoms with Crippen molar-refractivity contribution in [3.8, 4) is 0 Å². The highest BCUT2D eigenvalue weighted by atomic mass is 32.2. The van der Waals surface area contributed by atoms with Gasteiger partial charge in [0, 0.05) is 12.6 Å². The van der Waals surface area contributed by atoms with Gasteiger partial charge in [0.05, 0.1) is 17.5 Å². The quantitative estimate of drug-likeness (QED) is 0.745. The second-order valence-corrected chi connectivity index (χ2v) is 8.65. The van der Waals surface area contributed by atoms with Gasteiger partial charge in [-0.2, -0.15) is 0 Å². The summed E-state index contributed by atoms with van der Waals surface area (Å²) in [7, 11) is -3.38. The molecule has 1 heterocycles. The van der Waals surface area contributed by atoms with E-state index in [1.54, 1.807) is 12.1 Å². The van der Waals surface area contributed by atoms with Gasteiger partial charge >= 0.3 is 5.97 Å². The van der Waals surface area contributed by atoms with Crippen molar-refractivity contribution < 1.29 is 22.7 Å². The molecule has 0 saturated heterocycles. The molecule has 0 fully saturated rings. The maximum absolute atomic E-state index is 12.2. The third-order valence-electron chi connectivity index (χ3n) is 4.49. The summed E-state index contributed by atoms with van der Waals surface area (Å²) in [6.45, 7) is 1.79. The van der Waals surface area contributed by atoms with Crippen molar-refractivity contribution in [1.82, 2.24) is 5.32 Å². The van der Waals surface area contributed by atoms with Crippen LogP contribution in [0.4, 0.5) is 5.69 Å². The van der Waals surface area contributed by atoms with E-state index in [2.05, 4.69) is 5.32 Å². The maximum Gasteiger partial charge on any atom is 0.338 e. The number of fused-ring (bicyclic) bond motifs is 1. The normalized spacial score (nSPS) is 15.8. The van der Waals surface area contributed by atoms with E-state index in [4.69, 9.17) is 4.74 Å². The summed E-state index contributed by atoms with van der Waals surface area (Å²) in [6, 6.07) is 13.9. The van der Waals surface area contributed by atoms with Crippen LogP contribution >= 0.6 is 0 Å². The van der Waals surface area contributed by atoms with Crippen molar-refractivity contribution in [2.24, 2.45) is 0 Å². The van der Waals surface area contributed by atoms with E-state index in [0.717, 1.165) is 17.4 Å². The largest absolute Gasteiger partial charge is 0.452 e. The Balaban J connectivity index is 1.58. The molecule has 0 aliphatic carbocycles. The second kappa shape index (κ2) is 8.02. The molecule has 3 rings (SSSR count). The molecule has 0 bridgehead atoms. The SMILES string of the molecule is C[C@H]1Cc2cc(C(=O)OCC(=O)NCc3ccccc3)ccc2N1S(C)(=O)=O. The molecule has 148 valence electrons. The van der Waals surface area contributed by atoms with Crippen LogP contribution in [0.15, 0.2) is 48.5 Å². The molecule has 2 aromatic rings. The van der Waals surface area contributed by atoms with Gasteiger partial charge in [-0.3, -0.25) is 9.10 Å². The standard InChI is InChI=1S/C20H22N2O5S/c1-14-10-17-11-16(8-9-18(17)22(14)28(2,25)26)20(24)27-13-19(23)21-12-15-6-4-3-5-7-15/h3-9,11,14H,10,12-13H2,1-2H3,(H,21,23)/t14-/m0/s1. The minimum Gasteiger partial charge on any atom is -0.452 e. The summed E-state index contributed by atoms with van der Waals surface area (Å²) in [5.74, 6) is -1.02.